The Hall–Kier alpha value is -1.85. The second-order valence-corrected chi connectivity index (χ2v) is 4.68. The Balaban J connectivity index is 0.000000403. The van der Waals surface area contributed by atoms with Gasteiger partial charge in [0.05, 0.1) is 11.9 Å². The maximum absolute atomic E-state index is 10.3. The van der Waals surface area contributed by atoms with Crippen molar-refractivity contribution < 1.29 is 19.8 Å². The number of carbonyl (C=O) groups excluding carboxylic acids is 2. The van der Waals surface area contributed by atoms with E-state index in [2.05, 4.69) is 0 Å². The SMILES string of the molecule is CCc1ccc(C(=O)[O-])cc1.CCc1ccc(C(=O)[O-])cc1.[Mg+2]. The molecule has 0 amide bonds. The average molecular weight is 323 g/mol. The summed E-state index contributed by atoms with van der Waals surface area (Å²) in [5.41, 5.74) is 2.74. The van der Waals surface area contributed by atoms with Crippen LogP contribution in [-0.2, 0) is 12.8 Å². The molecule has 0 aromatic heterocycles. The number of carboxylic acid groups (broad SMARTS) is 2. The Labute approximate surface area is 152 Å². The molecule has 0 saturated carbocycles. The molecular formula is C18H18MgO4. The standard InChI is InChI=1S/2C9H10O2.Mg/c2*1-2-7-3-5-8(6-4-7)9(10)11;/h2*3-6H,2H2,1H3,(H,10,11);/q;;+2/p-2. The van der Waals surface area contributed by atoms with Crippen molar-refractivity contribution in [3.05, 3.63) is 70.8 Å². The van der Waals surface area contributed by atoms with E-state index in [1.807, 2.05) is 13.8 Å². The molecule has 2 aromatic carbocycles. The van der Waals surface area contributed by atoms with Crippen molar-refractivity contribution in [1.82, 2.24) is 0 Å². The Morgan fingerprint density at radius 2 is 0.957 bits per heavy atom. The molecule has 0 heterocycles. The van der Waals surface area contributed by atoms with Crippen LogP contribution in [0.25, 0.3) is 0 Å². The van der Waals surface area contributed by atoms with Crippen molar-refractivity contribution in [3.63, 3.8) is 0 Å². The van der Waals surface area contributed by atoms with Crippen LogP contribution >= 0.6 is 0 Å². The number of benzene rings is 2. The van der Waals surface area contributed by atoms with E-state index in [9.17, 15) is 19.8 Å². The number of aryl methyl sites for hydroxylation is 2. The van der Waals surface area contributed by atoms with Crippen molar-refractivity contribution in [3.8, 4) is 0 Å². The fourth-order valence-electron chi connectivity index (χ4n) is 1.75. The first kappa shape index (κ1) is 21.1. The van der Waals surface area contributed by atoms with Crippen LogP contribution < -0.4 is 10.2 Å². The van der Waals surface area contributed by atoms with E-state index in [0.29, 0.717) is 0 Å². The van der Waals surface area contributed by atoms with E-state index >= 15 is 0 Å². The Bertz CT molecular complexity index is 561. The minimum Gasteiger partial charge on any atom is -0.545 e. The summed E-state index contributed by atoms with van der Waals surface area (Å²) in [6.07, 6.45) is 1.85. The summed E-state index contributed by atoms with van der Waals surface area (Å²) in [6, 6.07) is 13.4. The first-order valence-electron chi connectivity index (χ1n) is 7.08. The van der Waals surface area contributed by atoms with Crippen LogP contribution in [0.2, 0.25) is 0 Å². The molecule has 0 spiro atoms. The normalized spacial score (nSPS) is 9.13. The maximum atomic E-state index is 10.3. The number of aromatic carboxylic acids is 2. The van der Waals surface area contributed by atoms with Gasteiger partial charge in [-0.25, -0.2) is 0 Å². The number of hydrogen-bond donors (Lipinski definition) is 0. The van der Waals surface area contributed by atoms with Crippen LogP contribution in [0.15, 0.2) is 48.5 Å². The number of rotatable bonds is 4. The van der Waals surface area contributed by atoms with Gasteiger partial charge in [0, 0.05) is 0 Å². The maximum Gasteiger partial charge on any atom is 2.00 e. The molecule has 2 rings (SSSR count). The third kappa shape index (κ3) is 7.30. The fraction of sp³-hybridized carbons (Fsp3) is 0.222. The molecule has 0 aliphatic heterocycles. The fourth-order valence-corrected chi connectivity index (χ4v) is 1.75. The van der Waals surface area contributed by atoms with Gasteiger partial charge in [-0.2, -0.15) is 0 Å². The summed E-state index contributed by atoms with van der Waals surface area (Å²) in [4.78, 5) is 20.6. The van der Waals surface area contributed by atoms with Gasteiger partial charge in [0.1, 0.15) is 0 Å². The van der Waals surface area contributed by atoms with Crippen molar-refractivity contribution >= 4 is 35.0 Å². The molecular weight excluding hydrogens is 304 g/mol. The molecule has 2 aromatic rings. The molecule has 0 saturated heterocycles. The van der Waals surface area contributed by atoms with Crippen LogP contribution in [0.3, 0.4) is 0 Å². The van der Waals surface area contributed by atoms with Crippen LogP contribution in [0, 0.1) is 0 Å². The van der Waals surface area contributed by atoms with Crippen molar-refractivity contribution in [2.75, 3.05) is 0 Å². The van der Waals surface area contributed by atoms with Crippen molar-refractivity contribution in [1.29, 1.82) is 0 Å². The Morgan fingerprint density at radius 3 is 1.13 bits per heavy atom. The van der Waals surface area contributed by atoms with E-state index in [1.165, 1.54) is 0 Å². The van der Waals surface area contributed by atoms with Gasteiger partial charge in [0.2, 0.25) is 0 Å². The molecule has 5 heteroatoms. The summed E-state index contributed by atoms with van der Waals surface area (Å²) in [5.74, 6) is -2.24. The zero-order valence-corrected chi connectivity index (χ0v) is 14.8. The summed E-state index contributed by atoms with van der Waals surface area (Å²) in [6.45, 7) is 4.04. The molecule has 0 radical (unpaired) electrons. The van der Waals surface area contributed by atoms with E-state index in [1.54, 1.807) is 48.5 Å². The van der Waals surface area contributed by atoms with Gasteiger partial charge in [-0.3, -0.25) is 0 Å². The molecule has 0 fully saturated rings. The van der Waals surface area contributed by atoms with Gasteiger partial charge in [0.15, 0.2) is 0 Å². The molecule has 0 unspecified atom stereocenters. The molecule has 0 bridgehead atoms. The quantitative estimate of drug-likeness (QED) is 0.781. The van der Waals surface area contributed by atoms with Gasteiger partial charge in [-0.1, -0.05) is 62.4 Å². The number of carboxylic acids is 2. The molecule has 0 aliphatic rings. The predicted octanol–water partition coefficient (Wildman–Crippen LogP) is 0.844. The molecule has 0 N–H and O–H groups in total. The zero-order valence-electron chi connectivity index (χ0n) is 13.4. The second-order valence-electron chi connectivity index (χ2n) is 4.68. The zero-order chi connectivity index (χ0) is 16.5. The smallest absolute Gasteiger partial charge is 0.545 e. The first-order valence-corrected chi connectivity index (χ1v) is 7.08. The van der Waals surface area contributed by atoms with E-state index in [0.717, 1.165) is 24.0 Å². The molecule has 23 heavy (non-hydrogen) atoms. The average Bonchev–Trinajstić information content (AvgIpc) is 2.55. The molecule has 116 valence electrons. The van der Waals surface area contributed by atoms with Crippen LogP contribution in [-0.4, -0.2) is 35.0 Å². The summed E-state index contributed by atoms with van der Waals surface area (Å²) in [7, 11) is 0. The third-order valence-corrected chi connectivity index (χ3v) is 3.20. The van der Waals surface area contributed by atoms with Crippen LogP contribution in [0.5, 0.6) is 0 Å². The van der Waals surface area contributed by atoms with E-state index in [4.69, 9.17) is 0 Å². The van der Waals surface area contributed by atoms with Gasteiger partial charge in [-0.15, -0.1) is 0 Å². The minimum atomic E-state index is -1.12. The number of carbonyl (C=O) groups is 2. The summed E-state index contributed by atoms with van der Waals surface area (Å²) in [5, 5.41) is 20.6. The van der Waals surface area contributed by atoms with Gasteiger partial charge >= 0.3 is 23.1 Å². The monoisotopic (exact) mass is 322 g/mol. The van der Waals surface area contributed by atoms with E-state index in [-0.39, 0.29) is 34.2 Å². The van der Waals surface area contributed by atoms with Crippen molar-refractivity contribution in [2.45, 2.75) is 26.7 Å². The van der Waals surface area contributed by atoms with Crippen LogP contribution in [0.1, 0.15) is 45.7 Å². The van der Waals surface area contributed by atoms with Gasteiger partial charge < -0.3 is 19.8 Å². The van der Waals surface area contributed by atoms with Gasteiger partial charge in [-0.05, 0) is 35.1 Å². The minimum absolute atomic E-state index is 0. The Morgan fingerprint density at radius 1 is 0.696 bits per heavy atom. The largest absolute Gasteiger partial charge is 2.00 e. The molecule has 0 atom stereocenters. The molecule has 0 aliphatic carbocycles. The third-order valence-electron chi connectivity index (χ3n) is 3.20. The van der Waals surface area contributed by atoms with Crippen LogP contribution in [0.4, 0.5) is 0 Å². The second kappa shape index (κ2) is 10.8. The first-order chi connectivity index (χ1) is 10.5. The number of hydrogen-bond acceptors (Lipinski definition) is 4. The molecule has 4 nitrogen and oxygen atoms in total. The topological polar surface area (TPSA) is 80.3 Å². The van der Waals surface area contributed by atoms with E-state index < -0.39 is 11.9 Å². The summed E-state index contributed by atoms with van der Waals surface area (Å²) < 4.78 is 0. The summed E-state index contributed by atoms with van der Waals surface area (Å²) >= 11 is 0. The predicted molar refractivity (Wildman–Crippen MR) is 86.1 cm³/mol. The Kier molecular flexibility index (Phi) is 9.93. The van der Waals surface area contributed by atoms with Crippen molar-refractivity contribution in [2.24, 2.45) is 0 Å². The van der Waals surface area contributed by atoms with Gasteiger partial charge in [0.25, 0.3) is 0 Å².